The number of ether oxygens (including phenoxy) is 1. The zero-order valence-corrected chi connectivity index (χ0v) is 13.0. The van der Waals surface area contributed by atoms with Crippen molar-refractivity contribution in [3.63, 3.8) is 0 Å². The summed E-state index contributed by atoms with van der Waals surface area (Å²) in [6.45, 7) is 3.26. The second-order valence-corrected chi connectivity index (χ2v) is 5.28. The van der Waals surface area contributed by atoms with Crippen molar-refractivity contribution in [2.45, 2.75) is 18.9 Å². The first-order valence-corrected chi connectivity index (χ1v) is 6.99. The minimum absolute atomic E-state index is 0. The molecule has 6 heteroatoms. The third kappa shape index (κ3) is 4.40. The molecule has 1 atom stereocenters. The fraction of sp³-hybridized carbons (Fsp3) is 0.538. The van der Waals surface area contributed by atoms with E-state index in [0.717, 1.165) is 13.1 Å². The molecule has 19 heavy (non-hydrogen) atoms. The number of rotatable bonds is 5. The van der Waals surface area contributed by atoms with Crippen LogP contribution < -0.4 is 10.5 Å². The first kappa shape index (κ1) is 16.9. The summed E-state index contributed by atoms with van der Waals surface area (Å²) in [7, 11) is 0. The summed E-state index contributed by atoms with van der Waals surface area (Å²) in [5.41, 5.74) is 5.73. The Morgan fingerprint density at radius 2 is 2.00 bits per heavy atom. The minimum atomic E-state index is 0. The molecule has 108 valence electrons. The number of halogens is 3. The molecule has 1 heterocycles. The molecule has 0 radical (unpaired) electrons. The maximum atomic E-state index is 6.04. The lowest BCUT2D eigenvalue weighted by Crippen LogP contribution is -2.37. The van der Waals surface area contributed by atoms with Gasteiger partial charge in [-0.25, -0.2) is 0 Å². The van der Waals surface area contributed by atoms with Crippen LogP contribution in [0.1, 0.15) is 12.8 Å². The summed E-state index contributed by atoms with van der Waals surface area (Å²) in [4.78, 5) is 2.37. The van der Waals surface area contributed by atoms with E-state index in [1.807, 2.05) is 6.07 Å². The molecule has 2 rings (SSSR count). The van der Waals surface area contributed by atoms with Crippen molar-refractivity contribution in [3.8, 4) is 5.75 Å². The van der Waals surface area contributed by atoms with Gasteiger partial charge in [-0.3, -0.25) is 4.90 Å². The van der Waals surface area contributed by atoms with Gasteiger partial charge in [-0.05, 0) is 31.5 Å². The van der Waals surface area contributed by atoms with Crippen LogP contribution in [0.25, 0.3) is 0 Å². The molecule has 0 aromatic heterocycles. The monoisotopic (exact) mass is 324 g/mol. The summed E-state index contributed by atoms with van der Waals surface area (Å²) in [6, 6.07) is 5.86. The smallest absolute Gasteiger partial charge is 0.156 e. The topological polar surface area (TPSA) is 38.5 Å². The lowest BCUT2D eigenvalue weighted by molar-refractivity contribution is 0.199. The second-order valence-electron chi connectivity index (χ2n) is 4.47. The molecule has 1 aliphatic rings. The summed E-state index contributed by atoms with van der Waals surface area (Å²) in [5, 5.41) is 1.11. The van der Waals surface area contributed by atoms with E-state index in [1.165, 1.54) is 12.8 Å². The highest BCUT2D eigenvalue weighted by Crippen LogP contribution is 2.32. The Morgan fingerprint density at radius 1 is 1.32 bits per heavy atom. The second kappa shape index (κ2) is 8.18. The van der Waals surface area contributed by atoms with E-state index in [0.29, 0.717) is 35.0 Å². The van der Waals surface area contributed by atoms with Crippen LogP contribution >= 0.6 is 35.6 Å². The molecule has 0 spiro atoms. The summed E-state index contributed by atoms with van der Waals surface area (Å²) in [5.74, 6) is 0.573. The Bertz CT molecular complexity index is 383. The largest absolute Gasteiger partial charge is 0.489 e. The van der Waals surface area contributed by atoms with E-state index < -0.39 is 0 Å². The average molecular weight is 326 g/mol. The van der Waals surface area contributed by atoms with Crippen LogP contribution in [-0.4, -0.2) is 37.2 Å². The number of hydrogen-bond acceptors (Lipinski definition) is 3. The zero-order chi connectivity index (χ0) is 13.0. The molecule has 0 amide bonds. The highest BCUT2D eigenvalue weighted by Gasteiger charge is 2.22. The quantitative estimate of drug-likeness (QED) is 0.903. The normalized spacial score (nSPS) is 19.2. The van der Waals surface area contributed by atoms with Gasteiger partial charge in [0.05, 0.1) is 10.0 Å². The Hall–Kier alpha value is -0.190. The lowest BCUT2D eigenvalue weighted by Gasteiger charge is -2.23. The van der Waals surface area contributed by atoms with E-state index in [4.69, 9.17) is 33.7 Å². The number of nitrogens with zero attached hydrogens (tertiary/aromatic N) is 1. The Balaban J connectivity index is 0.00000180. The predicted molar refractivity (Wildman–Crippen MR) is 82.9 cm³/mol. The molecule has 1 saturated heterocycles. The van der Waals surface area contributed by atoms with Gasteiger partial charge in [0.1, 0.15) is 6.61 Å². The first-order valence-electron chi connectivity index (χ1n) is 6.23. The van der Waals surface area contributed by atoms with E-state index in [2.05, 4.69) is 4.90 Å². The maximum Gasteiger partial charge on any atom is 0.156 e. The van der Waals surface area contributed by atoms with E-state index >= 15 is 0 Å². The highest BCUT2D eigenvalue weighted by molar-refractivity contribution is 6.37. The van der Waals surface area contributed by atoms with Crippen molar-refractivity contribution >= 4 is 35.6 Å². The Morgan fingerprint density at radius 3 is 2.63 bits per heavy atom. The van der Waals surface area contributed by atoms with Crippen LogP contribution in [0.5, 0.6) is 5.75 Å². The van der Waals surface area contributed by atoms with Gasteiger partial charge in [-0.1, -0.05) is 29.3 Å². The highest BCUT2D eigenvalue weighted by atomic mass is 35.5. The third-order valence-electron chi connectivity index (χ3n) is 3.31. The number of hydrogen-bond donors (Lipinski definition) is 1. The van der Waals surface area contributed by atoms with Crippen LogP contribution in [0.4, 0.5) is 0 Å². The van der Waals surface area contributed by atoms with Gasteiger partial charge in [0, 0.05) is 19.1 Å². The van der Waals surface area contributed by atoms with Gasteiger partial charge in [0.25, 0.3) is 0 Å². The van der Waals surface area contributed by atoms with Crippen LogP contribution in [-0.2, 0) is 0 Å². The predicted octanol–water partition coefficient (Wildman–Crippen LogP) is 3.22. The molecule has 1 aromatic rings. The van der Waals surface area contributed by atoms with Gasteiger partial charge < -0.3 is 10.5 Å². The van der Waals surface area contributed by atoms with Gasteiger partial charge in [0.2, 0.25) is 0 Å². The van der Waals surface area contributed by atoms with Crippen molar-refractivity contribution in [2.24, 2.45) is 5.73 Å². The molecule has 1 unspecified atom stereocenters. The van der Waals surface area contributed by atoms with Gasteiger partial charge in [-0.2, -0.15) is 0 Å². The zero-order valence-electron chi connectivity index (χ0n) is 10.6. The molecule has 3 nitrogen and oxygen atoms in total. The number of likely N-dealkylation sites (tertiary alicyclic amines) is 1. The van der Waals surface area contributed by atoms with Crippen LogP contribution in [0.3, 0.4) is 0 Å². The number of nitrogens with two attached hydrogens (primary N) is 1. The molecule has 2 N–H and O–H groups in total. The Labute approximate surface area is 130 Å². The fourth-order valence-electron chi connectivity index (χ4n) is 2.34. The van der Waals surface area contributed by atoms with Crippen LogP contribution in [0, 0.1) is 0 Å². The van der Waals surface area contributed by atoms with E-state index in [9.17, 15) is 0 Å². The van der Waals surface area contributed by atoms with Crippen molar-refractivity contribution in [1.29, 1.82) is 0 Å². The van der Waals surface area contributed by atoms with E-state index in [-0.39, 0.29) is 12.4 Å². The molecule has 1 fully saturated rings. The molecule has 1 aliphatic heterocycles. The number of para-hydroxylation sites is 1. The van der Waals surface area contributed by atoms with E-state index in [1.54, 1.807) is 12.1 Å². The van der Waals surface area contributed by atoms with Crippen molar-refractivity contribution < 1.29 is 4.74 Å². The minimum Gasteiger partial charge on any atom is -0.489 e. The lowest BCUT2D eigenvalue weighted by atomic mass is 10.2. The van der Waals surface area contributed by atoms with Crippen LogP contribution in [0.15, 0.2) is 18.2 Å². The van der Waals surface area contributed by atoms with Crippen LogP contribution in [0.2, 0.25) is 10.0 Å². The van der Waals surface area contributed by atoms with Crippen molar-refractivity contribution in [1.82, 2.24) is 4.90 Å². The van der Waals surface area contributed by atoms with Gasteiger partial charge in [-0.15, -0.1) is 12.4 Å². The standard InChI is InChI=1S/C13H18Cl2N2O.ClH/c14-11-4-1-5-12(15)13(11)18-8-7-17-6-2-3-10(17)9-16;/h1,4-5,10H,2-3,6-9,16H2;1H. The Kier molecular flexibility index (Phi) is 7.26. The van der Waals surface area contributed by atoms with Gasteiger partial charge in [0.15, 0.2) is 5.75 Å². The fourth-order valence-corrected chi connectivity index (χ4v) is 2.85. The first-order chi connectivity index (χ1) is 8.72. The summed E-state index contributed by atoms with van der Waals surface area (Å²) in [6.07, 6.45) is 2.40. The summed E-state index contributed by atoms with van der Waals surface area (Å²) < 4.78 is 5.68. The van der Waals surface area contributed by atoms with Gasteiger partial charge >= 0.3 is 0 Å². The molecule has 0 saturated carbocycles. The van der Waals surface area contributed by atoms with Crippen molar-refractivity contribution in [2.75, 3.05) is 26.2 Å². The average Bonchev–Trinajstić information content (AvgIpc) is 2.80. The SMILES string of the molecule is Cl.NCC1CCCN1CCOc1c(Cl)cccc1Cl. The molecule has 0 bridgehead atoms. The molecular formula is C13H19Cl3N2O. The third-order valence-corrected chi connectivity index (χ3v) is 3.91. The molecule has 0 aliphatic carbocycles. The molecular weight excluding hydrogens is 307 g/mol. The maximum absolute atomic E-state index is 6.04. The summed E-state index contributed by atoms with van der Waals surface area (Å²) >= 11 is 12.1. The van der Waals surface area contributed by atoms with Crippen molar-refractivity contribution in [3.05, 3.63) is 28.2 Å². The number of benzene rings is 1. The molecule has 1 aromatic carbocycles.